The van der Waals surface area contributed by atoms with E-state index in [0.29, 0.717) is 18.0 Å². The topological polar surface area (TPSA) is 94.6 Å². The Morgan fingerprint density at radius 1 is 1.31 bits per heavy atom. The number of carbonyl (C=O) groups excluding carboxylic acids is 3. The molecule has 0 saturated heterocycles. The average Bonchev–Trinajstić information content (AvgIpc) is 2.49. The molecule has 0 bridgehead atoms. The van der Waals surface area contributed by atoms with Gasteiger partial charge in [-0.2, -0.15) is 0 Å². The minimum Gasteiger partial charge on any atom is -0.466 e. The summed E-state index contributed by atoms with van der Waals surface area (Å²) in [6, 6.07) is 3.43. The summed E-state index contributed by atoms with van der Waals surface area (Å²) in [7, 11) is 0. The van der Waals surface area contributed by atoms with Gasteiger partial charge >= 0.3 is 12.1 Å². The predicted molar refractivity (Wildman–Crippen MR) is 101 cm³/mol. The molecule has 7 nitrogen and oxygen atoms in total. The number of anilines is 1. The number of thioether (sulfide) groups is 1. The lowest BCUT2D eigenvalue weighted by Gasteiger charge is -2.19. The third-order valence-electron chi connectivity index (χ3n) is 3.04. The fourth-order valence-corrected chi connectivity index (χ4v) is 2.74. The van der Waals surface area contributed by atoms with Crippen LogP contribution in [0.25, 0.3) is 0 Å². The highest BCUT2D eigenvalue weighted by molar-refractivity contribution is 8.13. The Morgan fingerprint density at radius 3 is 2.58 bits per heavy atom. The molecular weight excluding hydrogens is 356 g/mol. The van der Waals surface area contributed by atoms with Gasteiger partial charge in [0.2, 0.25) is 0 Å². The molecule has 144 valence electrons. The fraction of sp³-hybridized carbons (Fsp3) is 0.556. The van der Waals surface area contributed by atoms with Gasteiger partial charge in [0.05, 0.1) is 12.5 Å². The van der Waals surface area contributed by atoms with Crippen molar-refractivity contribution in [1.82, 2.24) is 4.98 Å². The maximum atomic E-state index is 12.1. The standard InChI is InChI=1S/C18H26N2O5S/c1-6-24-16(22)14(11-26-12(2)21)9-13-7-8-19-15(10-13)20-17(23)25-18(3,4)5/h7-8,10,14H,6,9,11H2,1-5H3,(H,19,20,23). The quantitative estimate of drug-likeness (QED) is 0.722. The van der Waals surface area contributed by atoms with Gasteiger partial charge in [-0.25, -0.2) is 9.78 Å². The zero-order chi connectivity index (χ0) is 19.7. The number of nitrogens with one attached hydrogen (secondary N) is 1. The molecule has 0 aromatic carbocycles. The number of ether oxygens (including phenoxy) is 2. The molecule has 0 aliphatic carbocycles. The number of hydrogen-bond acceptors (Lipinski definition) is 7. The van der Waals surface area contributed by atoms with Crippen molar-refractivity contribution in [2.24, 2.45) is 5.92 Å². The highest BCUT2D eigenvalue weighted by atomic mass is 32.2. The van der Waals surface area contributed by atoms with Crippen molar-refractivity contribution in [3.8, 4) is 0 Å². The van der Waals surface area contributed by atoms with Crippen molar-refractivity contribution >= 4 is 34.8 Å². The first-order chi connectivity index (χ1) is 12.1. The number of pyridine rings is 1. The largest absolute Gasteiger partial charge is 0.466 e. The van der Waals surface area contributed by atoms with Crippen LogP contribution >= 0.6 is 11.8 Å². The van der Waals surface area contributed by atoms with Crippen LogP contribution < -0.4 is 5.32 Å². The van der Waals surface area contributed by atoms with Gasteiger partial charge in [0.15, 0.2) is 5.12 Å². The molecule has 1 atom stereocenters. The zero-order valence-corrected chi connectivity index (χ0v) is 16.6. The molecule has 0 radical (unpaired) electrons. The summed E-state index contributed by atoms with van der Waals surface area (Å²) in [5.41, 5.74) is 0.189. The number of carbonyl (C=O) groups is 3. The van der Waals surface area contributed by atoms with Gasteiger partial charge in [-0.05, 0) is 51.8 Å². The van der Waals surface area contributed by atoms with Crippen LogP contribution in [0.15, 0.2) is 18.3 Å². The first kappa shape index (κ1) is 22.0. The van der Waals surface area contributed by atoms with Crippen molar-refractivity contribution in [1.29, 1.82) is 0 Å². The lowest BCUT2D eigenvalue weighted by Crippen LogP contribution is -2.27. The van der Waals surface area contributed by atoms with Crippen LogP contribution in [0.2, 0.25) is 0 Å². The van der Waals surface area contributed by atoms with Crippen LogP contribution in [0.1, 0.15) is 40.2 Å². The van der Waals surface area contributed by atoms with Gasteiger partial charge in [0, 0.05) is 18.9 Å². The van der Waals surface area contributed by atoms with Crippen LogP contribution in [0.5, 0.6) is 0 Å². The average molecular weight is 382 g/mol. The summed E-state index contributed by atoms with van der Waals surface area (Å²) in [6.45, 7) is 8.79. The minimum absolute atomic E-state index is 0.0543. The SMILES string of the molecule is CCOC(=O)C(CSC(C)=O)Cc1ccnc(NC(=O)OC(C)(C)C)c1. The van der Waals surface area contributed by atoms with Gasteiger partial charge < -0.3 is 9.47 Å². The molecule has 0 aliphatic rings. The molecule has 1 rings (SSSR count). The Kier molecular flexibility index (Phi) is 8.57. The lowest BCUT2D eigenvalue weighted by atomic mass is 10.0. The molecule has 1 heterocycles. The maximum Gasteiger partial charge on any atom is 0.413 e. The number of rotatable bonds is 7. The number of esters is 1. The van der Waals surface area contributed by atoms with Crippen molar-refractivity contribution < 1.29 is 23.9 Å². The summed E-state index contributed by atoms with van der Waals surface area (Å²) in [5.74, 6) is -0.135. The third kappa shape index (κ3) is 8.84. The van der Waals surface area contributed by atoms with Crippen LogP contribution in [0, 0.1) is 5.92 Å². The van der Waals surface area contributed by atoms with Crippen molar-refractivity contribution in [2.45, 2.75) is 46.6 Å². The fourth-order valence-electron chi connectivity index (χ4n) is 2.05. The van der Waals surface area contributed by atoms with E-state index in [2.05, 4.69) is 10.3 Å². The molecule has 1 unspecified atom stereocenters. The van der Waals surface area contributed by atoms with E-state index in [9.17, 15) is 14.4 Å². The number of aromatic nitrogens is 1. The number of hydrogen-bond donors (Lipinski definition) is 1. The molecule has 0 saturated carbocycles. The van der Waals surface area contributed by atoms with Crippen molar-refractivity contribution in [3.05, 3.63) is 23.9 Å². The highest BCUT2D eigenvalue weighted by Gasteiger charge is 2.22. The Balaban J connectivity index is 2.81. The van der Waals surface area contributed by atoms with E-state index in [1.807, 2.05) is 0 Å². The second-order valence-electron chi connectivity index (χ2n) is 6.63. The molecule has 26 heavy (non-hydrogen) atoms. The third-order valence-corrected chi connectivity index (χ3v) is 4.02. The van der Waals surface area contributed by atoms with Gasteiger partial charge in [0.1, 0.15) is 11.4 Å². The maximum absolute atomic E-state index is 12.1. The molecule has 0 aliphatic heterocycles. The summed E-state index contributed by atoms with van der Waals surface area (Å²) >= 11 is 1.09. The summed E-state index contributed by atoms with van der Waals surface area (Å²) in [6.07, 6.45) is 1.32. The Bertz CT molecular complexity index is 643. The van der Waals surface area contributed by atoms with Gasteiger partial charge in [0.25, 0.3) is 0 Å². The molecule has 0 fully saturated rings. The van der Waals surface area contributed by atoms with Crippen LogP contribution in [0.3, 0.4) is 0 Å². The Hall–Kier alpha value is -2.09. The van der Waals surface area contributed by atoms with Crippen LogP contribution in [-0.2, 0) is 25.5 Å². The second-order valence-corrected chi connectivity index (χ2v) is 7.83. The molecular formula is C18H26N2O5S. The zero-order valence-electron chi connectivity index (χ0n) is 15.8. The van der Waals surface area contributed by atoms with E-state index in [-0.39, 0.29) is 17.7 Å². The lowest BCUT2D eigenvalue weighted by molar-refractivity contribution is -0.147. The first-order valence-electron chi connectivity index (χ1n) is 8.35. The molecule has 0 spiro atoms. The predicted octanol–water partition coefficient (Wildman–Crippen LogP) is 3.43. The van der Waals surface area contributed by atoms with Crippen LogP contribution in [-0.4, -0.2) is 40.1 Å². The van der Waals surface area contributed by atoms with E-state index in [1.165, 1.54) is 6.92 Å². The summed E-state index contributed by atoms with van der Waals surface area (Å²) in [4.78, 5) is 39.3. The molecule has 1 aromatic heterocycles. The Morgan fingerprint density at radius 2 is 2.00 bits per heavy atom. The number of amides is 1. The molecule has 8 heteroatoms. The smallest absolute Gasteiger partial charge is 0.413 e. The van der Waals surface area contributed by atoms with E-state index < -0.39 is 17.6 Å². The van der Waals surface area contributed by atoms with Gasteiger partial charge in [-0.15, -0.1) is 0 Å². The summed E-state index contributed by atoms with van der Waals surface area (Å²) in [5, 5.41) is 2.51. The van der Waals surface area contributed by atoms with Crippen LogP contribution in [0.4, 0.5) is 10.6 Å². The Labute approximate surface area is 158 Å². The minimum atomic E-state index is -0.611. The van der Waals surface area contributed by atoms with E-state index in [0.717, 1.165) is 17.3 Å². The van der Waals surface area contributed by atoms with E-state index >= 15 is 0 Å². The normalized spacial score (nSPS) is 12.2. The first-order valence-corrected chi connectivity index (χ1v) is 9.34. The molecule has 1 N–H and O–H groups in total. The van der Waals surface area contributed by atoms with E-state index in [4.69, 9.17) is 9.47 Å². The van der Waals surface area contributed by atoms with E-state index in [1.54, 1.807) is 46.0 Å². The molecule has 1 amide bonds. The monoisotopic (exact) mass is 382 g/mol. The molecule has 1 aromatic rings. The van der Waals surface area contributed by atoms with Crippen molar-refractivity contribution in [3.63, 3.8) is 0 Å². The highest BCUT2D eigenvalue weighted by Crippen LogP contribution is 2.19. The second kappa shape index (κ2) is 10.2. The number of nitrogens with zero attached hydrogens (tertiary/aromatic N) is 1. The van der Waals surface area contributed by atoms with Gasteiger partial charge in [-0.3, -0.25) is 14.9 Å². The summed E-state index contributed by atoms with van der Waals surface area (Å²) < 4.78 is 10.3. The van der Waals surface area contributed by atoms with Gasteiger partial charge in [-0.1, -0.05) is 11.8 Å². The van der Waals surface area contributed by atoms with Crippen molar-refractivity contribution in [2.75, 3.05) is 17.7 Å².